The molecule has 4 nitrogen and oxygen atoms in total. The molecule has 4 heteroatoms. The van der Waals surface area contributed by atoms with Crippen molar-refractivity contribution in [2.45, 2.75) is 32.9 Å². The standard InChI is InChI=1S/C25H25N3O/c1-18(2)20-9-7-19(8-10-20)15-26-27-25(29)21-11-13-24(14-12-21)28-16-22-5-3-4-6-23(22)17-28/h3-15,18H,16-17H2,1-2H3,(H,27,29)/b26-15-. The molecule has 0 spiro atoms. The van der Waals surface area contributed by atoms with Gasteiger partial charge in [-0.05, 0) is 52.4 Å². The maximum atomic E-state index is 12.4. The van der Waals surface area contributed by atoms with Crippen LogP contribution in [0.2, 0.25) is 0 Å². The number of nitrogens with zero attached hydrogens (tertiary/aromatic N) is 2. The summed E-state index contributed by atoms with van der Waals surface area (Å²) in [7, 11) is 0. The Balaban J connectivity index is 1.35. The van der Waals surface area contributed by atoms with Crippen molar-refractivity contribution in [3.05, 3.63) is 101 Å². The van der Waals surface area contributed by atoms with E-state index in [0.29, 0.717) is 11.5 Å². The second-order valence-electron chi connectivity index (χ2n) is 7.69. The zero-order valence-corrected chi connectivity index (χ0v) is 16.8. The van der Waals surface area contributed by atoms with Gasteiger partial charge in [0.05, 0.1) is 6.21 Å². The zero-order valence-electron chi connectivity index (χ0n) is 16.8. The number of hydrazone groups is 1. The molecule has 1 N–H and O–H groups in total. The average Bonchev–Trinajstić information content (AvgIpc) is 3.18. The Kier molecular flexibility index (Phi) is 5.43. The lowest BCUT2D eigenvalue weighted by Crippen LogP contribution is -2.18. The number of fused-ring (bicyclic) bond motifs is 1. The van der Waals surface area contributed by atoms with E-state index in [1.165, 1.54) is 16.7 Å². The van der Waals surface area contributed by atoms with Gasteiger partial charge in [0.1, 0.15) is 0 Å². The summed E-state index contributed by atoms with van der Waals surface area (Å²) in [6, 6.07) is 24.4. The van der Waals surface area contributed by atoms with Crippen molar-refractivity contribution in [2.24, 2.45) is 5.10 Å². The number of rotatable bonds is 5. The summed E-state index contributed by atoms with van der Waals surface area (Å²) >= 11 is 0. The number of amides is 1. The summed E-state index contributed by atoms with van der Waals surface area (Å²) in [4.78, 5) is 14.7. The molecule has 0 aromatic heterocycles. The smallest absolute Gasteiger partial charge is 0.271 e. The third-order valence-corrected chi connectivity index (χ3v) is 5.32. The number of benzene rings is 3. The molecular formula is C25H25N3O. The van der Waals surface area contributed by atoms with E-state index in [1.54, 1.807) is 6.21 Å². The maximum Gasteiger partial charge on any atom is 0.271 e. The van der Waals surface area contributed by atoms with Crippen LogP contribution in [-0.2, 0) is 13.1 Å². The molecular weight excluding hydrogens is 358 g/mol. The highest BCUT2D eigenvalue weighted by Crippen LogP contribution is 2.28. The van der Waals surface area contributed by atoms with Gasteiger partial charge in [-0.3, -0.25) is 4.79 Å². The van der Waals surface area contributed by atoms with Crippen molar-refractivity contribution >= 4 is 17.8 Å². The Bertz CT molecular complexity index is 996. The molecule has 0 bridgehead atoms. The van der Waals surface area contributed by atoms with Crippen molar-refractivity contribution in [2.75, 3.05) is 4.90 Å². The number of carbonyl (C=O) groups is 1. The Morgan fingerprint density at radius 1 is 0.931 bits per heavy atom. The van der Waals surface area contributed by atoms with Crippen LogP contribution < -0.4 is 10.3 Å². The lowest BCUT2D eigenvalue weighted by molar-refractivity contribution is 0.0955. The van der Waals surface area contributed by atoms with Crippen molar-refractivity contribution in [3.8, 4) is 0 Å². The fourth-order valence-corrected chi connectivity index (χ4v) is 3.54. The minimum Gasteiger partial charge on any atom is -0.363 e. The second-order valence-corrected chi connectivity index (χ2v) is 7.69. The summed E-state index contributed by atoms with van der Waals surface area (Å²) in [6.45, 7) is 6.14. The van der Waals surface area contributed by atoms with Gasteiger partial charge in [-0.15, -0.1) is 0 Å². The molecule has 0 atom stereocenters. The fraction of sp³-hybridized carbons (Fsp3) is 0.200. The van der Waals surface area contributed by atoms with E-state index in [4.69, 9.17) is 0 Å². The second kappa shape index (κ2) is 8.31. The summed E-state index contributed by atoms with van der Waals surface area (Å²) in [5, 5.41) is 4.08. The molecule has 0 radical (unpaired) electrons. The van der Waals surface area contributed by atoms with Crippen molar-refractivity contribution in [1.29, 1.82) is 0 Å². The van der Waals surface area contributed by atoms with Crippen molar-refractivity contribution < 1.29 is 4.79 Å². The Labute approximate surface area is 171 Å². The number of hydrogen-bond donors (Lipinski definition) is 1. The molecule has 0 fully saturated rings. The Morgan fingerprint density at radius 2 is 1.55 bits per heavy atom. The highest BCUT2D eigenvalue weighted by molar-refractivity contribution is 5.95. The van der Waals surface area contributed by atoms with Crippen LogP contribution in [0.4, 0.5) is 5.69 Å². The van der Waals surface area contributed by atoms with Gasteiger partial charge in [0, 0.05) is 24.3 Å². The van der Waals surface area contributed by atoms with E-state index in [9.17, 15) is 4.79 Å². The first kappa shape index (κ1) is 18.9. The summed E-state index contributed by atoms with van der Waals surface area (Å²) < 4.78 is 0. The Hall–Kier alpha value is -3.40. The number of anilines is 1. The number of nitrogens with one attached hydrogen (secondary N) is 1. The van der Waals surface area contributed by atoms with Crippen LogP contribution >= 0.6 is 0 Å². The first-order valence-corrected chi connectivity index (χ1v) is 9.95. The summed E-state index contributed by atoms with van der Waals surface area (Å²) in [5.41, 5.74) is 9.29. The van der Waals surface area contributed by atoms with Crippen LogP contribution in [0.5, 0.6) is 0 Å². The zero-order chi connectivity index (χ0) is 20.2. The van der Waals surface area contributed by atoms with E-state index in [2.05, 4.69) is 65.7 Å². The van der Waals surface area contributed by atoms with Crippen LogP contribution in [0, 0.1) is 0 Å². The molecule has 3 aromatic carbocycles. The minimum atomic E-state index is -0.212. The van der Waals surface area contributed by atoms with Crippen LogP contribution in [0.1, 0.15) is 52.4 Å². The average molecular weight is 383 g/mol. The topological polar surface area (TPSA) is 44.7 Å². The van der Waals surface area contributed by atoms with Gasteiger partial charge in [0.25, 0.3) is 5.91 Å². The minimum absolute atomic E-state index is 0.212. The molecule has 146 valence electrons. The van der Waals surface area contributed by atoms with E-state index >= 15 is 0 Å². The molecule has 3 aromatic rings. The van der Waals surface area contributed by atoms with Crippen LogP contribution in [-0.4, -0.2) is 12.1 Å². The lowest BCUT2D eigenvalue weighted by Gasteiger charge is -2.17. The first-order valence-electron chi connectivity index (χ1n) is 9.95. The van der Waals surface area contributed by atoms with Crippen LogP contribution in [0.25, 0.3) is 0 Å². The molecule has 1 aliphatic rings. The van der Waals surface area contributed by atoms with E-state index in [1.807, 2.05) is 36.4 Å². The van der Waals surface area contributed by atoms with Gasteiger partial charge in [-0.1, -0.05) is 62.4 Å². The quantitative estimate of drug-likeness (QED) is 0.492. The summed E-state index contributed by atoms with van der Waals surface area (Å²) in [5.74, 6) is 0.287. The lowest BCUT2D eigenvalue weighted by atomic mass is 10.0. The summed E-state index contributed by atoms with van der Waals surface area (Å²) in [6.07, 6.45) is 1.66. The third kappa shape index (κ3) is 4.37. The third-order valence-electron chi connectivity index (χ3n) is 5.32. The van der Waals surface area contributed by atoms with Gasteiger partial charge in [-0.25, -0.2) is 5.43 Å². The van der Waals surface area contributed by atoms with Gasteiger partial charge in [0.2, 0.25) is 0 Å². The van der Waals surface area contributed by atoms with Gasteiger partial charge < -0.3 is 4.90 Å². The largest absolute Gasteiger partial charge is 0.363 e. The van der Waals surface area contributed by atoms with E-state index in [0.717, 1.165) is 24.3 Å². The monoisotopic (exact) mass is 383 g/mol. The molecule has 0 saturated carbocycles. The molecule has 1 amide bonds. The molecule has 0 saturated heterocycles. The first-order chi connectivity index (χ1) is 14.1. The number of hydrogen-bond acceptors (Lipinski definition) is 3. The highest BCUT2D eigenvalue weighted by Gasteiger charge is 2.18. The molecule has 1 heterocycles. The van der Waals surface area contributed by atoms with Gasteiger partial charge >= 0.3 is 0 Å². The normalized spacial score (nSPS) is 13.1. The van der Waals surface area contributed by atoms with Gasteiger partial charge in [-0.2, -0.15) is 5.10 Å². The number of carbonyl (C=O) groups excluding carboxylic acids is 1. The van der Waals surface area contributed by atoms with E-state index in [-0.39, 0.29) is 5.91 Å². The molecule has 29 heavy (non-hydrogen) atoms. The predicted octanol–water partition coefficient (Wildman–Crippen LogP) is 5.09. The molecule has 1 aliphatic heterocycles. The molecule has 0 unspecified atom stereocenters. The predicted molar refractivity (Wildman–Crippen MR) is 118 cm³/mol. The van der Waals surface area contributed by atoms with Crippen LogP contribution in [0.3, 0.4) is 0 Å². The van der Waals surface area contributed by atoms with E-state index < -0.39 is 0 Å². The van der Waals surface area contributed by atoms with Crippen LogP contribution in [0.15, 0.2) is 77.9 Å². The highest BCUT2D eigenvalue weighted by atomic mass is 16.2. The maximum absolute atomic E-state index is 12.4. The Morgan fingerprint density at radius 3 is 2.14 bits per heavy atom. The van der Waals surface area contributed by atoms with Gasteiger partial charge in [0.15, 0.2) is 0 Å². The van der Waals surface area contributed by atoms with Crippen molar-refractivity contribution in [1.82, 2.24) is 5.43 Å². The molecule has 4 rings (SSSR count). The SMILES string of the molecule is CC(C)c1ccc(/C=N\NC(=O)c2ccc(N3Cc4ccccc4C3)cc2)cc1. The van der Waals surface area contributed by atoms with Crippen molar-refractivity contribution in [3.63, 3.8) is 0 Å². The fourth-order valence-electron chi connectivity index (χ4n) is 3.54. The molecule has 0 aliphatic carbocycles.